The smallest absolute Gasteiger partial charge is 0.273 e. The third-order valence-corrected chi connectivity index (χ3v) is 6.47. The van der Waals surface area contributed by atoms with E-state index in [1.807, 2.05) is 61.5 Å². The van der Waals surface area contributed by atoms with Crippen molar-refractivity contribution >= 4 is 5.91 Å². The molecule has 36 heavy (non-hydrogen) atoms. The van der Waals surface area contributed by atoms with Gasteiger partial charge in [-0.2, -0.15) is 5.10 Å². The molecule has 0 radical (unpaired) electrons. The van der Waals surface area contributed by atoms with E-state index in [2.05, 4.69) is 10.2 Å². The number of carbonyl (C=O) groups excluding carboxylic acids is 1. The van der Waals surface area contributed by atoms with Gasteiger partial charge in [-0.25, -0.2) is 0 Å². The van der Waals surface area contributed by atoms with Crippen molar-refractivity contribution in [1.29, 1.82) is 0 Å². The molecule has 0 saturated carbocycles. The Kier molecular flexibility index (Phi) is 6.01. The third-order valence-electron chi connectivity index (χ3n) is 6.47. The van der Waals surface area contributed by atoms with Crippen LogP contribution in [0.4, 0.5) is 0 Å². The van der Waals surface area contributed by atoms with Crippen LogP contribution >= 0.6 is 0 Å². The van der Waals surface area contributed by atoms with Crippen molar-refractivity contribution in [2.75, 3.05) is 21.3 Å². The Balaban J connectivity index is 1.73. The first-order chi connectivity index (χ1) is 17.5. The first kappa shape index (κ1) is 23.3. The van der Waals surface area contributed by atoms with Gasteiger partial charge in [-0.1, -0.05) is 42.0 Å². The van der Waals surface area contributed by atoms with Gasteiger partial charge in [-0.15, -0.1) is 0 Å². The maximum absolute atomic E-state index is 13.7. The molecule has 1 aliphatic heterocycles. The molecule has 5 rings (SSSR count). The van der Waals surface area contributed by atoms with Crippen molar-refractivity contribution in [3.63, 3.8) is 0 Å². The molecule has 1 atom stereocenters. The fourth-order valence-electron chi connectivity index (χ4n) is 4.79. The summed E-state index contributed by atoms with van der Waals surface area (Å²) in [6.45, 7) is 2.32. The number of nitrogens with zero attached hydrogens (tertiary/aromatic N) is 2. The highest BCUT2D eigenvalue weighted by molar-refractivity contribution is 6.00. The molecule has 0 fully saturated rings. The van der Waals surface area contributed by atoms with Crippen LogP contribution in [-0.4, -0.2) is 47.4 Å². The Labute approximate surface area is 209 Å². The van der Waals surface area contributed by atoms with Crippen LogP contribution in [-0.2, 0) is 6.54 Å². The van der Waals surface area contributed by atoms with E-state index in [9.17, 15) is 9.90 Å². The number of aryl methyl sites for hydroxylation is 1. The van der Waals surface area contributed by atoms with E-state index in [4.69, 9.17) is 14.2 Å². The fourth-order valence-corrected chi connectivity index (χ4v) is 4.79. The number of fused-ring (bicyclic) bond motifs is 1. The molecule has 2 heterocycles. The molecule has 0 bridgehead atoms. The van der Waals surface area contributed by atoms with Gasteiger partial charge in [0.2, 0.25) is 5.75 Å². The van der Waals surface area contributed by atoms with Crippen molar-refractivity contribution in [2.45, 2.75) is 19.5 Å². The van der Waals surface area contributed by atoms with E-state index in [0.717, 1.165) is 16.7 Å². The van der Waals surface area contributed by atoms with Gasteiger partial charge in [0.15, 0.2) is 11.5 Å². The van der Waals surface area contributed by atoms with Crippen molar-refractivity contribution in [3.05, 3.63) is 88.6 Å². The summed E-state index contributed by atoms with van der Waals surface area (Å²) in [5.74, 6) is 1.34. The molecule has 2 N–H and O–H groups in total. The topological polar surface area (TPSA) is 96.9 Å². The Morgan fingerprint density at radius 2 is 1.67 bits per heavy atom. The van der Waals surface area contributed by atoms with Gasteiger partial charge >= 0.3 is 0 Å². The Hall–Kier alpha value is -4.46. The molecule has 4 aromatic rings. The zero-order chi connectivity index (χ0) is 25.4. The summed E-state index contributed by atoms with van der Waals surface area (Å²) in [6, 6.07) is 18.3. The number of hydrogen-bond donors (Lipinski definition) is 2. The average Bonchev–Trinajstić information content (AvgIpc) is 3.44. The number of rotatable bonds is 7. The number of aromatic hydroxyl groups is 1. The van der Waals surface area contributed by atoms with Crippen LogP contribution in [0.1, 0.15) is 38.8 Å². The number of H-pyrrole nitrogens is 1. The van der Waals surface area contributed by atoms with Gasteiger partial charge in [-0.05, 0) is 42.3 Å². The van der Waals surface area contributed by atoms with Crippen LogP contribution in [0.3, 0.4) is 0 Å². The molecule has 1 aliphatic rings. The Bertz CT molecular complexity index is 1410. The minimum absolute atomic E-state index is 0.0903. The first-order valence-electron chi connectivity index (χ1n) is 11.5. The molecule has 0 spiro atoms. The molecule has 3 aromatic carbocycles. The minimum atomic E-state index is -0.518. The van der Waals surface area contributed by atoms with Gasteiger partial charge in [0.25, 0.3) is 5.91 Å². The third kappa shape index (κ3) is 3.80. The number of ether oxygens (including phenoxy) is 3. The van der Waals surface area contributed by atoms with Gasteiger partial charge in [0.1, 0.15) is 17.1 Å². The van der Waals surface area contributed by atoms with Crippen LogP contribution in [0.25, 0.3) is 11.3 Å². The van der Waals surface area contributed by atoms with E-state index < -0.39 is 6.04 Å². The number of aromatic nitrogens is 2. The molecule has 0 saturated heterocycles. The molecular weight excluding hydrogens is 458 g/mol. The largest absolute Gasteiger partial charge is 0.507 e. The first-order valence-corrected chi connectivity index (χ1v) is 11.5. The van der Waals surface area contributed by atoms with Crippen molar-refractivity contribution in [3.8, 4) is 34.3 Å². The molecule has 8 heteroatoms. The van der Waals surface area contributed by atoms with E-state index >= 15 is 0 Å². The second kappa shape index (κ2) is 9.30. The molecule has 1 amide bonds. The zero-order valence-corrected chi connectivity index (χ0v) is 20.5. The van der Waals surface area contributed by atoms with Crippen molar-refractivity contribution < 1.29 is 24.1 Å². The van der Waals surface area contributed by atoms with Gasteiger partial charge in [0.05, 0.1) is 27.4 Å². The van der Waals surface area contributed by atoms with Crippen LogP contribution in [0.2, 0.25) is 0 Å². The molecule has 1 unspecified atom stereocenters. The molecule has 1 aromatic heterocycles. The van der Waals surface area contributed by atoms with Crippen molar-refractivity contribution in [2.24, 2.45) is 0 Å². The predicted molar refractivity (Wildman–Crippen MR) is 135 cm³/mol. The normalized spacial score (nSPS) is 14.6. The number of amides is 1. The van der Waals surface area contributed by atoms with E-state index in [1.165, 1.54) is 0 Å². The van der Waals surface area contributed by atoms with Crippen LogP contribution in [0.15, 0.2) is 60.7 Å². The Morgan fingerprint density at radius 1 is 0.972 bits per heavy atom. The molecule has 0 aliphatic carbocycles. The maximum atomic E-state index is 13.7. The number of hydrogen-bond acceptors (Lipinski definition) is 6. The highest BCUT2D eigenvalue weighted by Gasteiger charge is 2.43. The van der Waals surface area contributed by atoms with E-state index in [1.54, 1.807) is 32.3 Å². The summed E-state index contributed by atoms with van der Waals surface area (Å²) in [7, 11) is 4.66. The number of carbonyl (C=O) groups is 1. The van der Waals surface area contributed by atoms with Gasteiger partial charge < -0.3 is 24.2 Å². The molecule has 8 nitrogen and oxygen atoms in total. The summed E-state index contributed by atoms with van der Waals surface area (Å²) in [5, 5.41) is 18.1. The summed E-state index contributed by atoms with van der Waals surface area (Å²) in [5.41, 5.74) is 4.87. The lowest BCUT2D eigenvalue weighted by Crippen LogP contribution is -2.29. The lowest BCUT2D eigenvalue weighted by atomic mass is 9.94. The number of aromatic amines is 1. The van der Waals surface area contributed by atoms with Crippen LogP contribution in [0, 0.1) is 6.92 Å². The summed E-state index contributed by atoms with van der Waals surface area (Å²) in [4.78, 5) is 15.5. The average molecular weight is 486 g/mol. The lowest BCUT2D eigenvalue weighted by molar-refractivity contribution is 0.0729. The second-order valence-corrected chi connectivity index (χ2v) is 8.66. The maximum Gasteiger partial charge on any atom is 0.273 e. The summed E-state index contributed by atoms with van der Waals surface area (Å²) < 4.78 is 16.7. The fraction of sp³-hybridized carbons (Fsp3) is 0.214. The van der Waals surface area contributed by atoms with Crippen LogP contribution in [0.5, 0.6) is 23.0 Å². The predicted octanol–water partition coefficient (Wildman–Crippen LogP) is 4.86. The standard InChI is InChI=1S/C28H27N3O5/c1-16-10-11-20(32)19(12-16)24-23-25(30-29-24)28(33)31(15-17-8-6-5-7-9-17)26(23)18-13-21(34-2)27(36-4)22(14-18)35-3/h5-14,26,32H,15H2,1-4H3,(H,29,30). The minimum Gasteiger partial charge on any atom is -0.507 e. The highest BCUT2D eigenvalue weighted by atomic mass is 16.5. The number of nitrogens with one attached hydrogen (secondary N) is 1. The Morgan fingerprint density at radius 3 is 2.31 bits per heavy atom. The van der Waals surface area contributed by atoms with Gasteiger partial charge in [0, 0.05) is 17.7 Å². The number of methoxy groups -OCH3 is 3. The molecule has 184 valence electrons. The SMILES string of the molecule is COc1cc(C2c3c(-c4cc(C)ccc4O)n[nH]c3C(=O)N2Cc2ccccc2)cc(OC)c1OC. The number of benzene rings is 3. The quantitative estimate of drug-likeness (QED) is 0.388. The highest BCUT2D eigenvalue weighted by Crippen LogP contribution is 2.48. The number of phenolic OH excluding ortho intramolecular Hbond substituents is 1. The second-order valence-electron chi connectivity index (χ2n) is 8.66. The van der Waals surface area contributed by atoms with Crippen molar-refractivity contribution in [1.82, 2.24) is 15.1 Å². The van der Waals surface area contributed by atoms with E-state index in [-0.39, 0.29) is 11.7 Å². The number of phenols is 1. The van der Waals surface area contributed by atoms with Gasteiger partial charge in [-0.3, -0.25) is 9.89 Å². The zero-order valence-electron chi connectivity index (χ0n) is 20.5. The van der Waals surface area contributed by atoms with E-state index in [0.29, 0.717) is 46.3 Å². The summed E-state index contributed by atoms with van der Waals surface area (Å²) >= 11 is 0. The molecular formula is C28H27N3O5. The monoisotopic (exact) mass is 485 g/mol. The summed E-state index contributed by atoms with van der Waals surface area (Å²) in [6.07, 6.45) is 0. The lowest BCUT2D eigenvalue weighted by Gasteiger charge is -2.27. The van der Waals surface area contributed by atoms with Crippen LogP contribution < -0.4 is 14.2 Å².